The summed E-state index contributed by atoms with van der Waals surface area (Å²) in [6.07, 6.45) is 1.87. The molecule has 1 saturated heterocycles. The first-order valence-corrected chi connectivity index (χ1v) is 7.16. The van der Waals surface area contributed by atoms with Crippen molar-refractivity contribution in [3.05, 3.63) is 17.7 Å². The molecule has 0 spiro atoms. The number of nitrogens with two attached hydrogens (primary N) is 1. The fourth-order valence-corrected chi connectivity index (χ4v) is 2.98. The van der Waals surface area contributed by atoms with Crippen LogP contribution in [0.25, 0.3) is 0 Å². The van der Waals surface area contributed by atoms with E-state index in [2.05, 4.69) is 4.90 Å². The zero-order valence-corrected chi connectivity index (χ0v) is 11.9. The standard InChI is InChI=1S/C15H22N2O3/c1-15(18)3-2-4-17(10-15)9-11-7-13-14(8-12(11)16)20-6-5-19-13/h7-8,18H,2-6,9-10,16H2,1H3. The van der Waals surface area contributed by atoms with Crippen LogP contribution in [0.4, 0.5) is 5.69 Å². The largest absolute Gasteiger partial charge is 0.486 e. The van der Waals surface area contributed by atoms with Crippen LogP contribution in [-0.4, -0.2) is 41.9 Å². The van der Waals surface area contributed by atoms with Gasteiger partial charge in [-0.3, -0.25) is 4.90 Å². The topological polar surface area (TPSA) is 68.0 Å². The maximum atomic E-state index is 10.2. The van der Waals surface area contributed by atoms with Crippen molar-refractivity contribution < 1.29 is 14.6 Å². The first kappa shape index (κ1) is 13.5. The second-order valence-electron chi connectivity index (χ2n) is 6.01. The average Bonchev–Trinajstić information content (AvgIpc) is 2.38. The molecule has 0 amide bonds. The van der Waals surface area contributed by atoms with Crippen LogP contribution < -0.4 is 15.2 Å². The van der Waals surface area contributed by atoms with Crippen molar-refractivity contribution in [3.63, 3.8) is 0 Å². The number of benzene rings is 1. The number of piperidine rings is 1. The molecule has 1 unspecified atom stereocenters. The minimum absolute atomic E-state index is 0.570. The summed E-state index contributed by atoms with van der Waals surface area (Å²) in [5, 5.41) is 10.2. The Kier molecular flexibility index (Phi) is 3.48. The number of rotatable bonds is 2. The molecule has 0 aromatic heterocycles. The van der Waals surface area contributed by atoms with Gasteiger partial charge in [0.05, 0.1) is 5.60 Å². The summed E-state index contributed by atoms with van der Waals surface area (Å²) in [4.78, 5) is 2.24. The highest BCUT2D eigenvalue weighted by atomic mass is 16.6. The molecule has 110 valence electrons. The molecule has 3 N–H and O–H groups in total. The number of anilines is 1. The maximum Gasteiger partial charge on any atom is 0.163 e. The quantitative estimate of drug-likeness (QED) is 0.800. The van der Waals surface area contributed by atoms with Gasteiger partial charge in [-0.25, -0.2) is 0 Å². The molecule has 5 heteroatoms. The first-order valence-electron chi connectivity index (χ1n) is 7.16. The molecule has 5 nitrogen and oxygen atoms in total. The average molecular weight is 278 g/mol. The van der Waals surface area contributed by atoms with E-state index in [0.717, 1.165) is 48.7 Å². The summed E-state index contributed by atoms with van der Waals surface area (Å²) in [5.41, 5.74) is 7.26. The summed E-state index contributed by atoms with van der Waals surface area (Å²) in [6.45, 7) is 5.45. The molecule has 2 aliphatic rings. The Hall–Kier alpha value is -1.46. The van der Waals surface area contributed by atoms with E-state index >= 15 is 0 Å². The molecule has 20 heavy (non-hydrogen) atoms. The van der Waals surface area contributed by atoms with Gasteiger partial charge >= 0.3 is 0 Å². The van der Waals surface area contributed by atoms with E-state index in [0.29, 0.717) is 19.8 Å². The number of fused-ring (bicyclic) bond motifs is 1. The van der Waals surface area contributed by atoms with Crippen molar-refractivity contribution >= 4 is 5.69 Å². The van der Waals surface area contributed by atoms with Crippen LogP contribution in [0.5, 0.6) is 11.5 Å². The second-order valence-corrected chi connectivity index (χ2v) is 6.01. The van der Waals surface area contributed by atoms with Gasteiger partial charge in [0.1, 0.15) is 13.2 Å². The maximum absolute atomic E-state index is 10.2. The molecule has 1 aromatic carbocycles. The van der Waals surface area contributed by atoms with E-state index in [-0.39, 0.29) is 0 Å². The third-order valence-corrected chi connectivity index (χ3v) is 3.95. The molecule has 1 aromatic rings. The number of likely N-dealkylation sites (tertiary alicyclic amines) is 1. The fraction of sp³-hybridized carbons (Fsp3) is 0.600. The van der Waals surface area contributed by atoms with Crippen LogP contribution in [0.2, 0.25) is 0 Å². The molecule has 0 saturated carbocycles. The Morgan fingerprint density at radius 3 is 2.70 bits per heavy atom. The molecule has 3 rings (SSSR count). The summed E-state index contributed by atoms with van der Waals surface area (Å²) >= 11 is 0. The number of nitrogens with zero attached hydrogens (tertiary/aromatic N) is 1. The molecule has 0 bridgehead atoms. The number of hydrogen-bond acceptors (Lipinski definition) is 5. The smallest absolute Gasteiger partial charge is 0.163 e. The lowest BCUT2D eigenvalue weighted by Crippen LogP contribution is -2.45. The van der Waals surface area contributed by atoms with Crippen molar-refractivity contribution in [2.75, 3.05) is 32.0 Å². The van der Waals surface area contributed by atoms with Gasteiger partial charge in [-0.1, -0.05) is 0 Å². The molecular weight excluding hydrogens is 256 g/mol. The molecule has 2 aliphatic heterocycles. The molecule has 0 radical (unpaired) electrons. The van der Waals surface area contributed by atoms with E-state index in [4.69, 9.17) is 15.2 Å². The minimum Gasteiger partial charge on any atom is -0.486 e. The Morgan fingerprint density at radius 1 is 1.30 bits per heavy atom. The van der Waals surface area contributed by atoms with Gasteiger partial charge in [0.25, 0.3) is 0 Å². The SMILES string of the molecule is CC1(O)CCCN(Cc2cc3c(cc2N)OCCO3)C1. The lowest BCUT2D eigenvalue weighted by atomic mass is 9.94. The van der Waals surface area contributed by atoms with Gasteiger partial charge in [0.2, 0.25) is 0 Å². The van der Waals surface area contributed by atoms with E-state index in [9.17, 15) is 5.11 Å². The van der Waals surface area contributed by atoms with Crippen LogP contribution >= 0.6 is 0 Å². The summed E-state index contributed by atoms with van der Waals surface area (Å²) in [7, 11) is 0. The van der Waals surface area contributed by atoms with Crippen LogP contribution in [0.1, 0.15) is 25.3 Å². The van der Waals surface area contributed by atoms with Crippen LogP contribution in [0, 0.1) is 0 Å². The molecular formula is C15H22N2O3. The summed E-state index contributed by atoms with van der Waals surface area (Å²) < 4.78 is 11.1. The van der Waals surface area contributed by atoms with E-state index < -0.39 is 5.60 Å². The van der Waals surface area contributed by atoms with Gasteiger partial charge in [0, 0.05) is 24.8 Å². The zero-order valence-electron chi connectivity index (χ0n) is 11.9. The van der Waals surface area contributed by atoms with Crippen molar-refractivity contribution in [2.24, 2.45) is 0 Å². The Balaban J connectivity index is 1.77. The lowest BCUT2D eigenvalue weighted by molar-refractivity contribution is -0.0181. The lowest BCUT2D eigenvalue weighted by Gasteiger charge is -2.37. The molecule has 2 heterocycles. The number of β-amino-alcohol motifs (C(OH)–C–C–N with tert-alkyl or cyclic N) is 1. The zero-order chi connectivity index (χ0) is 14.2. The highest BCUT2D eigenvalue weighted by Crippen LogP contribution is 2.35. The predicted molar refractivity (Wildman–Crippen MR) is 77.0 cm³/mol. The van der Waals surface area contributed by atoms with Gasteiger partial charge in [-0.2, -0.15) is 0 Å². The fourth-order valence-electron chi connectivity index (χ4n) is 2.98. The van der Waals surface area contributed by atoms with Gasteiger partial charge in [0.15, 0.2) is 11.5 Å². The van der Waals surface area contributed by atoms with Crippen molar-refractivity contribution in [1.82, 2.24) is 4.90 Å². The van der Waals surface area contributed by atoms with Gasteiger partial charge in [-0.15, -0.1) is 0 Å². The number of hydrogen-bond donors (Lipinski definition) is 2. The van der Waals surface area contributed by atoms with Crippen LogP contribution in [0.15, 0.2) is 12.1 Å². The van der Waals surface area contributed by atoms with Crippen molar-refractivity contribution in [2.45, 2.75) is 31.9 Å². The first-order chi connectivity index (χ1) is 9.53. The third kappa shape index (κ3) is 2.83. The monoisotopic (exact) mass is 278 g/mol. The number of ether oxygens (including phenoxy) is 2. The van der Waals surface area contributed by atoms with Gasteiger partial charge in [-0.05, 0) is 37.9 Å². The Labute approximate surface area is 119 Å². The summed E-state index contributed by atoms with van der Waals surface area (Å²) in [6, 6.07) is 3.80. The van der Waals surface area contributed by atoms with E-state index in [1.807, 2.05) is 19.1 Å². The van der Waals surface area contributed by atoms with Gasteiger partial charge < -0.3 is 20.3 Å². The predicted octanol–water partition coefficient (Wildman–Crippen LogP) is 1.39. The molecule has 0 aliphatic carbocycles. The van der Waals surface area contributed by atoms with Crippen LogP contribution in [0.3, 0.4) is 0 Å². The second kappa shape index (κ2) is 5.14. The van der Waals surface area contributed by atoms with Crippen molar-refractivity contribution in [1.29, 1.82) is 0 Å². The minimum atomic E-state index is -0.596. The summed E-state index contributed by atoms with van der Waals surface area (Å²) in [5.74, 6) is 1.49. The molecule has 1 fully saturated rings. The highest BCUT2D eigenvalue weighted by molar-refractivity contribution is 5.58. The number of nitrogen functional groups attached to an aromatic ring is 1. The Bertz CT molecular complexity index is 502. The van der Waals surface area contributed by atoms with Crippen molar-refractivity contribution in [3.8, 4) is 11.5 Å². The van der Waals surface area contributed by atoms with Crippen LogP contribution in [-0.2, 0) is 6.54 Å². The normalized spacial score (nSPS) is 26.5. The van der Waals surface area contributed by atoms with E-state index in [1.54, 1.807) is 0 Å². The third-order valence-electron chi connectivity index (χ3n) is 3.95. The van der Waals surface area contributed by atoms with E-state index in [1.165, 1.54) is 0 Å². The Morgan fingerprint density at radius 2 is 2.00 bits per heavy atom. The molecule has 1 atom stereocenters. The highest BCUT2D eigenvalue weighted by Gasteiger charge is 2.28. The number of aliphatic hydroxyl groups is 1.